The van der Waals surface area contributed by atoms with Gasteiger partial charge in [-0.05, 0) is 17.9 Å². The van der Waals surface area contributed by atoms with Gasteiger partial charge in [0.2, 0.25) is 0 Å². The molecule has 0 radical (unpaired) electrons. The molecule has 0 amide bonds. The topological polar surface area (TPSA) is 71.5 Å². The Morgan fingerprint density at radius 3 is 2.76 bits per heavy atom. The number of fused-ring (bicyclic) bond motifs is 1. The summed E-state index contributed by atoms with van der Waals surface area (Å²) in [6.07, 6.45) is 0. The number of nitrogens with one attached hydrogen (secondary N) is 1. The second kappa shape index (κ2) is 6.59. The van der Waals surface area contributed by atoms with Gasteiger partial charge in [0.1, 0.15) is 5.82 Å². The number of hydrogen-bond acceptors (Lipinski definition) is 7. The first-order valence-corrected chi connectivity index (χ1v) is 9.12. The van der Waals surface area contributed by atoms with E-state index in [1.165, 1.54) is 11.8 Å². The van der Waals surface area contributed by atoms with Gasteiger partial charge < -0.3 is 4.98 Å². The van der Waals surface area contributed by atoms with Gasteiger partial charge in [-0.2, -0.15) is 0 Å². The SMILES string of the molecule is CCSc1nnc(SCc2nc3ccccc3c(=O)[nH]2)s1. The van der Waals surface area contributed by atoms with E-state index in [4.69, 9.17) is 0 Å². The molecular weight excluding hydrogens is 324 g/mol. The van der Waals surface area contributed by atoms with Gasteiger partial charge in [-0.1, -0.05) is 53.9 Å². The molecule has 21 heavy (non-hydrogen) atoms. The molecule has 2 heterocycles. The summed E-state index contributed by atoms with van der Waals surface area (Å²) in [6.45, 7) is 2.09. The van der Waals surface area contributed by atoms with E-state index in [0.29, 0.717) is 17.0 Å². The molecule has 3 rings (SSSR count). The van der Waals surface area contributed by atoms with Crippen molar-refractivity contribution in [3.05, 3.63) is 40.4 Å². The van der Waals surface area contributed by atoms with Gasteiger partial charge in [-0.25, -0.2) is 4.98 Å². The van der Waals surface area contributed by atoms with Crippen molar-refractivity contribution >= 4 is 45.8 Å². The standard InChI is InChI=1S/C13H12N4OS3/c1-2-19-12-16-17-13(21-12)20-7-10-14-9-6-4-3-5-8(9)11(18)15-10/h3-6H,2,7H2,1H3,(H,14,15,18). The summed E-state index contributed by atoms with van der Waals surface area (Å²) in [6, 6.07) is 7.34. The van der Waals surface area contributed by atoms with E-state index in [2.05, 4.69) is 27.1 Å². The van der Waals surface area contributed by atoms with Crippen LogP contribution in [-0.2, 0) is 5.75 Å². The highest BCUT2D eigenvalue weighted by Gasteiger charge is 2.07. The first-order chi connectivity index (χ1) is 10.3. The van der Waals surface area contributed by atoms with Gasteiger partial charge >= 0.3 is 0 Å². The highest BCUT2D eigenvalue weighted by molar-refractivity contribution is 8.02. The van der Waals surface area contributed by atoms with Crippen LogP contribution in [-0.4, -0.2) is 25.9 Å². The van der Waals surface area contributed by atoms with Crippen molar-refractivity contribution in [3.8, 4) is 0 Å². The van der Waals surface area contributed by atoms with Crippen LogP contribution in [0.25, 0.3) is 10.9 Å². The summed E-state index contributed by atoms with van der Waals surface area (Å²) in [5.41, 5.74) is 0.618. The maximum absolute atomic E-state index is 12.0. The van der Waals surface area contributed by atoms with Crippen LogP contribution in [0.1, 0.15) is 12.7 Å². The Balaban J connectivity index is 1.77. The Morgan fingerprint density at radius 2 is 1.95 bits per heavy atom. The number of benzene rings is 1. The maximum Gasteiger partial charge on any atom is 0.258 e. The number of nitrogens with zero attached hydrogens (tertiary/aromatic N) is 3. The van der Waals surface area contributed by atoms with Crippen molar-refractivity contribution in [1.29, 1.82) is 0 Å². The summed E-state index contributed by atoms with van der Waals surface area (Å²) < 4.78 is 1.86. The second-order valence-corrected chi connectivity index (χ2v) is 7.80. The fourth-order valence-electron chi connectivity index (χ4n) is 1.77. The minimum absolute atomic E-state index is 0.101. The van der Waals surface area contributed by atoms with Gasteiger partial charge in [0, 0.05) is 0 Å². The third kappa shape index (κ3) is 3.45. The Bertz CT molecular complexity index is 814. The lowest BCUT2D eigenvalue weighted by molar-refractivity contribution is 0.952. The summed E-state index contributed by atoms with van der Waals surface area (Å²) in [5.74, 6) is 2.22. The zero-order valence-electron chi connectivity index (χ0n) is 11.2. The average molecular weight is 336 g/mol. The van der Waals surface area contributed by atoms with E-state index in [1.54, 1.807) is 29.2 Å². The minimum Gasteiger partial charge on any atom is -0.309 e. The quantitative estimate of drug-likeness (QED) is 0.722. The molecule has 0 aliphatic carbocycles. The molecule has 0 saturated carbocycles. The first-order valence-electron chi connectivity index (χ1n) is 6.33. The van der Waals surface area contributed by atoms with Crippen LogP contribution in [0.5, 0.6) is 0 Å². The molecule has 0 fully saturated rings. The van der Waals surface area contributed by atoms with E-state index in [1.807, 2.05) is 18.2 Å². The molecule has 3 aromatic rings. The van der Waals surface area contributed by atoms with Crippen LogP contribution in [0.15, 0.2) is 37.7 Å². The third-order valence-electron chi connectivity index (χ3n) is 2.65. The minimum atomic E-state index is -0.101. The summed E-state index contributed by atoms with van der Waals surface area (Å²) >= 11 is 4.79. The molecule has 0 unspecified atom stereocenters. The number of para-hydroxylation sites is 1. The number of aromatic amines is 1. The van der Waals surface area contributed by atoms with Crippen molar-refractivity contribution in [1.82, 2.24) is 20.2 Å². The van der Waals surface area contributed by atoms with Crippen molar-refractivity contribution in [2.24, 2.45) is 0 Å². The van der Waals surface area contributed by atoms with E-state index < -0.39 is 0 Å². The van der Waals surface area contributed by atoms with Crippen LogP contribution in [0.4, 0.5) is 0 Å². The molecule has 0 saturated heterocycles. The zero-order chi connectivity index (χ0) is 14.7. The Labute approximate surface area is 133 Å². The van der Waals surface area contributed by atoms with E-state index in [0.717, 1.165) is 19.9 Å². The predicted molar refractivity (Wildman–Crippen MR) is 88.2 cm³/mol. The smallest absolute Gasteiger partial charge is 0.258 e. The molecular formula is C13H12N4OS3. The molecule has 108 valence electrons. The second-order valence-electron chi connectivity index (χ2n) is 4.09. The average Bonchev–Trinajstić information content (AvgIpc) is 2.93. The molecule has 0 aliphatic rings. The molecule has 1 aromatic carbocycles. The van der Waals surface area contributed by atoms with Gasteiger partial charge in [0.25, 0.3) is 5.56 Å². The van der Waals surface area contributed by atoms with Crippen LogP contribution < -0.4 is 5.56 Å². The molecule has 5 nitrogen and oxygen atoms in total. The fourth-order valence-corrected chi connectivity index (χ4v) is 4.56. The normalized spacial score (nSPS) is 11.1. The number of H-pyrrole nitrogens is 1. The molecule has 8 heteroatoms. The Hall–Kier alpha value is -1.38. The Kier molecular flexibility index (Phi) is 4.57. The molecule has 2 aromatic heterocycles. The first kappa shape index (κ1) is 14.6. The molecule has 0 bridgehead atoms. The summed E-state index contributed by atoms with van der Waals surface area (Å²) in [4.78, 5) is 19.3. The molecule has 0 atom stereocenters. The highest BCUT2D eigenvalue weighted by atomic mass is 32.2. The van der Waals surface area contributed by atoms with E-state index in [9.17, 15) is 4.79 Å². The predicted octanol–water partition coefficient (Wildman–Crippen LogP) is 3.18. The van der Waals surface area contributed by atoms with E-state index >= 15 is 0 Å². The van der Waals surface area contributed by atoms with Gasteiger partial charge in [-0.15, -0.1) is 10.2 Å². The molecule has 0 spiro atoms. The van der Waals surface area contributed by atoms with Crippen molar-refractivity contribution in [2.45, 2.75) is 21.4 Å². The maximum atomic E-state index is 12.0. The lowest BCUT2D eigenvalue weighted by atomic mass is 10.2. The number of hydrogen-bond donors (Lipinski definition) is 1. The van der Waals surface area contributed by atoms with Crippen LogP contribution >= 0.6 is 34.9 Å². The lowest BCUT2D eigenvalue weighted by Gasteiger charge is -2.01. The number of thioether (sulfide) groups is 2. The van der Waals surface area contributed by atoms with Crippen molar-refractivity contribution in [2.75, 3.05) is 5.75 Å². The zero-order valence-corrected chi connectivity index (χ0v) is 13.6. The van der Waals surface area contributed by atoms with Crippen LogP contribution in [0, 0.1) is 0 Å². The number of aromatic nitrogens is 4. The van der Waals surface area contributed by atoms with Gasteiger partial charge in [-0.3, -0.25) is 4.79 Å². The van der Waals surface area contributed by atoms with Gasteiger partial charge in [0.15, 0.2) is 8.68 Å². The van der Waals surface area contributed by atoms with Crippen molar-refractivity contribution in [3.63, 3.8) is 0 Å². The third-order valence-corrected chi connectivity index (χ3v) is 5.73. The Morgan fingerprint density at radius 1 is 1.19 bits per heavy atom. The summed E-state index contributed by atoms with van der Waals surface area (Å²) in [5, 5.41) is 8.84. The molecule has 0 aliphatic heterocycles. The van der Waals surface area contributed by atoms with E-state index in [-0.39, 0.29) is 5.56 Å². The van der Waals surface area contributed by atoms with Crippen LogP contribution in [0.2, 0.25) is 0 Å². The number of rotatable bonds is 5. The lowest BCUT2D eigenvalue weighted by Crippen LogP contribution is -2.11. The molecule has 1 N–H and O–H groups in total. The van der Waals surface area contributed by atoms with Gasteiger partial charge in [0.05, 0.1) is 16.7 Å². The van der Waals surface area contributed by atoms with Crippen molar-refractivity contribution < 1.29 is 0 Å². The highest BCUT2D eigenvalue weighted by Crippen LogP contribution is 2.29. The summed E-state index contributed by atoms with van der Waals surface area (Å²) in [7, 11) is 0. The monoisotopic (exact) mass is 336 g/mol. The fraction of sp³-hybridized carbons (Fsp3) is 0.231. The largest absolute Gasteiger partial charge is 0.309 e. The van der Waals surface area contributed by atoms with Crippen LogP contribution in [0.3, 0.4) is 0 Å².